The Labute approximate surface area is 82.2 Å². The van der Waals surface area contributed by atoms with Crippen molar-refractivity contribution in [3.05, 3.63) is 0 Å². The van der Waals surface area contributed by atoms with E-state index in [1.165, 1.54) is 6.92 Å². The number of rotatable bonds is 5. The van der Waals surface area contributed by atoms with Crippen LogP contribution in [-0.2, 0) is 14.4 Å². The second-order valence-electron chi connectivity index (χ2n) is 3.50. The quantitative estimate of drug-likeness (QED) is 0.577. The van der Waals surface area contributed by atoms with Gasteiger partial charge in [-0.1, -0.05) is 0 Å². The summed E-state index contributed by atoms with van der Waals surface area (Å²) >= 11 is 0. The normalized spacial score (nSPS) is 14.6. The summed E-state index contributed by atoms with van der Waals surface area (Å²) in [6.45, 7) is 1.30. The van der Waals surface area contributed by atoms with Crippen molar-refractivity contribution in [2.45, 2.75) is 32.2 Å². The molecule has 5 nitrogen and oxygen atoms in total. The summed E-state index contributed by atoms with van der Waals surface area (Å²) in [5.41, 5.74) is 0. The molecule has 0 radical (unpaired) electrons. The lowest BCUT2D eigenvalue weighted by molar-refractivity contribution is -0.129. The summed E-state index contributed by atoms with van der Waals surface area (Å²) in [4.78, 5) is 32.5. The van der Waals surface area contributed by atoms with Crippen molar-refractivity contribution in [3.63, 3.8) is 0 Å². The molecule has 1 fully saturated rings. The first-order chi connectivity index (χ1) is 6.58. The van der Waals surface area contributed by atoms with Gasteiger partial charge in [-0.2, -0.15) is 0 Å². The maximum atomic E-state index is 11.1. The van der Waals surface area contributed by atoms with E-state index in [0.717, 1.165) is 12.8 Å². The predicted octanol–water partition coefficient (Wildman–Crippen LogP) is -0.640. The average Bonchev–Trinajstić information content (AvgIpc) is 2.83. The SMILES string of the molecule is CC(=O)CC(=O)NCC(=O)NC1CC1. The Balaban J connectivity index is 2.08. The lowest BCUT2D eigenvalue weighted by Gasteiger charge is -2.04. The maximum Gasteiger partial charge on any atom is 0.239 e. The fourth-order valence-electron chi connectivity index (χ4n) is 0.974. The molecule has 0 aromatic rings. The summed E-state index contributed by atoms with van der Waals surface area (Å²) in [6, 6.07) is 0.298. The van der Waals surface area contributed by atoms with Crippen LogP contribution < -0.4 is 10.6 Å². The minimum atomic E-state index is -0.400. The molecule has 0 unspecified atom stereocenters. The van der Waals surface area contributed by atoms with E-state index in [-0.39, 0.29) is 24.7 Å². The molecule has 1 saturated carbocycles. The number of carbonyl (C=O) groups excluding carboxylic acids is 3. The lowest BCUT2D eigenvalue weighted by Crippen LogP contribution is -2.38. The van der Waals surface area contributed by atoms with Gasteiger partial charge in [-0.15, -0.1) is 0 Å². The highest BCUT2D eigenvalue weighted by Crippen LogP contribution is 2.18. The van der Waals surface area contributed by atoms with E-state index < -0.39 is 5.91 Å². The fourth-order valence-corrected chi connectivity index (χ4v) is 0.974. The molecule has 0 atom stereocenters. The van der Waals surface area contributed by atoms with Crippen LogP contribution in [0.5, 0.6) is 0 Å². The fraction of sp³-hybridized carbons (Fsp3) is 0.667. The highest BCUT2D eigenvalue weighted by molar-refractivity contribution is 5.98. The van der Waals surface area contributed by atoms with E-state index in [2.05, 4.69) is 10.6 Å². The topological polar surface area (TPSA) is 75.3 Å². The molecule has 0 aliphatic heterocycles. The minimum absolute atomic E-state index is 0.0391. The van der Waals surface area contributed by atoms with Gasteiger partial charge in [0, 0.05) is 6.04 Å². The van der Waals surface area contributed by atoms with Crippen molar-refractivity contribution in [2.24, 2.45) is 0 Å². The molecule has 2 amide bonds. The van der Waals surface area contributed by atoms with Crippen LogP contribution in [0.25, 0.3) is 0 Å². The summed E-state index contributed by atoms with van der Waals surface area (Å²) in [5, 5.41) is 5.10. The Morgan fingerprint density at radius 2 is 1.86 bits per heavy atom. The first-order valence-electron chi connectivity index (χ1n) is 4.63. The highest BCUT2D eigenvalue weighted by Gasteiger charge is 2.23. The van der Waals surface area contributed by atoms with E-state index in [1.807, 2.05) is 0 Å². The minimum Gasteiger partial charge on any atom is -0.352 e. The van der Waals surface area contributed by atoms with Gasteiger partial charge < -0.3 is 10.6 Å². The number of amides is 2. The number of Topliss-reactive ketones (excluding diaryl/α,β-unsaturated/α-hetero) is 1. The molecular weight excluding hydrogens is 184 g/mol. The van der Waals surface area contributed by atoms with Gasteiger partial charge in [0.15, 0.2) is 0 Å². The second kappa shape index (κ2) is 4.74. The van der Waals surface area contributed by atoms with Gasteiger partial charge in [-0.3, -0.25) is 14.4 Å². The van der Waals surface area contributed by atoms with Crippen LogP contribution in [0, 0.1) is 0 Å². The molecule has 1 aliphatic carbocycles. The Morgan fingerprint density at radius 3 is 2.36 bits per heavy atom. The standard InChI is InChI=1S/C9H14N2O3/c1-6(12)4-8(13)10-5-9(14)11-7-2-3-7/h7H,2-5H2,1H3,(H,10,13)(H,11,14). The summed E-state index contributed by atoms with van der Waals surface area (Å²) in [6.07, 6.45) is 1.89. The van der Waals surface area contributed by atoms with Crippen molar-refractivity contribution >= 4 is 17.6 Å². The van der Waals surface area contributed by atoms with Crippen LogP contribution in [0.15, 0.2) is 0 Å². The molecule has 2 N–H and O–H groups in total. The molecule has 0 heterocycles. The highest BCUT2D eigenvalue weighted by atomic mass is 16.2. The monoisotopic (exact) mass is 198 g/mol. The van der Waals surface area contributed by atoms with E-state index in [1.54, 1.807) is 0 Å². The predicted molar refractivity (Wildman–Crippen MR) is 49.5 cm³/mol. The van der Waals surface area contributed by atoms with Crippen LogP contribution in [0.4, 0.5) is 0 Å². The van der Waals surface area contributed by atoms with Gasteiger partial charge in [0.25, 0.3) is 0 Å². The Bertz CT molecular complexity index is 259. The van der Waals surface area contributed by atoms with Gasteiger partial charge in [-0.25, -0.2) is 0 Å². The molecular formula is C9H14N2O3. The lowest BCUT2D eigenvalue weighted by atomic mass is 10.3. The zero-order valence-corrected chi connectivity index (χ0v) is 8.13. The van der Waals surface area contributed by atoms with Crippen LogP contribution in [0.1, 0.15) is 26.2 Å². The van der Waals surface area contributed by atoms with Crippen molar-refractivity contribution in [1.29, 1.82) is 0 Å². The van der Waals surface area contributed by atoms with Crippen molar-refractivity contribution in [2.75, 3.05) is 6.54 Å². The van der Waals surface area contributed by atoms with Gasteiger partial charge in [-0.05, 0) is 19.8 Å². The smallest absolute Gasteiger partial charge is 0.239 e. The zero-order valence-electron chi connectivity index (χ0n) is 8.13. The molecule has 78 valence electrons. The molecule has 14 heavy (non-hydrogen) atoms. The largest absolute Gasteiger partial charge is 0.352 e. The Hall–Kier alpha value is -1.39. The van der Waals surface area contributed by atoms with E-state index >= 15 is 0 Å². The number of hydrogen-bond donors (Lipinski definition) is 2. The van der Waals surface area contributed by atoms with E-state index in [4.69, 9.17) is 0 Å². The third kappa shape index (κ3) is 4.59. The molecule has 1 aliphatic rings. The molecule has 0 saturated heterocycles. The number of ketones is 1. The van der Waals surface area contributed by atoms with E-state index in [0.29, 0.717) is 6.04 Å². The second-order valence-corrected chi connectivity index (χ2v) is 3.50. The third-order valence-corrected chi connectivity index (χ3v) is 1.80. The molecule has 5 heteroatoms. The number of nitrogens with one attached hydrogen (secondary N) is 2. The Morgan fingerprint density at radius 1 is 1.21 bits per heavy atom. The Kier molecular flexibility index (Phi) is 3.62. The summed E-state index contributed by atoms with van der Waals surface area (Å²) in [5.74, 6) is -0.794. The first kappa shape index (κ1) is 10.7. The van der Waals surface area contributed by atoms with Gasteiger partial charge in [0.05, 0.1) is 13.0 Å². The van der Waals surface area contributed by atoms with E-state index in [9.17, 15) is 14.4 Å². The van der Waals surface area contributed by atoms with Crippen LogP contribution in [-0.4, -0.2) is 30.2 Å². The van der Waals surface area contributed by atoms with Crippen molar-refractivity contribution in [3.8, 4) is 0 Å². The average molecular weight is 198 g/mol. The van der Waals surface area contributed by atoms with Crippen molar-refractivity contribution < 1.29 is 14.4 Å². The number of carbonyl (C=O) groups is 3. The zero-order chi connectivity index (χ0) is 10.6. The summed E-state index contributed by atoms with van der Waals surface area (Å²) < 4.78 is 0. The van der Waals surface area contributed by atoms with Gasteiger partial charge in [0.1, 0.15) is 5.78 Å². The first-order valence-corrected chi connectivity index (χ1v) is 4.63. The molecule has 0 bridgehead atoms. The van der Waals surface area contributed by atoms with Crippen LogP contribution in [0.3, 0.4) is 0 Å². The van der Waals surface area contributed by atoms with Crippen LogP contribution in [0.2, 0.25) is 0 Å². The van der Waals surface area contributed by atoms with Crippen molar-refractivity contribution in [1.82, 2.24) is 10.6 Å². The molecule has 1 rings (SSSR count). The third-order valence-electron chi connectivity index (χ3n) is 1.80. The maximum absolute atomic E-state index is 11.1. The molecule has 0 spiro atoms. The van der Waals surface area contributed by atoms with Gasteiger partial charge >= 0.3 is 0 Å². The number of hydrogen-bond acceptors (Lipinski definition) is 3. The van der Waals surface area contributed by atoms with Gasteiger partial charge in [0.2, 0.25) is 11.8 Å². The molecule has 0 aromatic heterocycles. The molecule has 0 aromatic carbocycles. The summed E-state index contributed by atoms with van der Waals surface area (Å²) in [7, 11) is 0. The van der Waals surface area contributed by atoms with Crippen LogP contribution >= 0.6 is 0 Å².